The fraction of sp³-hybridized carbons (Fsp3) is 0.625. The standard InChI is InChI=1S/C16H22O4/c1-3-11-9-16(6-7-19-11)10-14(17)13-5-4-12(18-2)8-15(13)20-16/h4-5,8,11,14,17H,3,6-7,9-10H2,1-2H3/t11?,14-,16?/m0/s1. The Hall–Kier alpha value is -1.26. The normalized spacial score (nSPS) is 32.5. The van der Waals surface area contributed by atoms with Crippen molar-refractivity contribution in [1.82, 2.24) is 0 Å². The molecule has 0 radical (unpaired) electrons. The average Bonchev–Trinajstić information content (AvgIpc) is 2.46. The average molecular weight is 278 g/mol. The Bertz CT molecular complexity index is 487. The summed E-state index contributed by atoms with van der Waals surface area (Å²) in [5, 5.41) is 10.4. The highest BCUT2D eigenvalue weighted by atomic mass is 16.5. The van der Waals surface area contributed by atoms with Crippen LogP contribution in [0.3, 0.4) is 0 Å². The molecule has 2 heterocycles. The van der Waals surface area contributed by atoms with Gasteiger partial charge in [-0.15, -0.1) is 0 Å². The Morgan fingerprint density at radius 1 is 1.40 bits per heavy atom. The minimum atomic E-state index is -0.472. The van der Waals surface area contributed by atoms with E-state index in [0.717, 1.165) is 36.3 Å². The van der Waals surface area contributed by atoms with E-state index in [-0.39, 0.29) is 11.7 Å². The van der Waals surface area contributed by atoms with Crippen LogP contribution in [0.4, 0.5) is 0 Å². The molecule has 1 fully saturated rings. The summed E-state index contributed by atoms with van der Waals surface area (Å²) >= 11 is 0. The Morgan fingerprint density at radius 2 is 2.25 bits per heavy atom. The quantitative estimate of drug-likeness (QED) is 0.903. The second kappa shape index (κ2) is 5.26. The zero-order valence-electron chi connectivity index (χ0n) is 12.1. The number of fused-ring (bicyclic) bond motifs is 1. The summed E-state index contributed by atoms with van der Waals surface area (Å²) in [4.78, 5) is 0. The van der Waals surface area contributed by atoms with Crippen molar-refractivity contribution in [2.24, 2.45) is 0 Å². The maximum absolute atomic E-state index is 10.4. The number of aliphatic hydroxyl groups is 1. The monoisotopic (exact) mass is 278 g/mol. The van der Waals surface area contributed by atoms with Gasteiger partial charge in [0, 0.05) is 30.9 Å². The highest BCUT2D eigenvalue weighted by molar-refractivity contribution is 5.44. The van der Waals surface area contributed by atoms with Crippen molar-refractivity contribution in [3.63, 3.8) is 0 Å². The molecule has 0 aromatic heterocycles. The molecule has 1 spiro atoms. The van der Waals surface area contributed by atoms with Gasteiger partial charge in [0.25, 0.3) is 0 Å². The zero-order chi connectivity index (χ0) is 14.2. The number of benzene rings is 1. The molecular formula is C16H22O4. The number of aliphatic hydroxyl groups excluding tert-OH is 1. The molecule has 2 aliphatic rings. The van der Waals surface area contributed by atoms with Crippen molar-refractivity contribution in [1.29, 1.82) is 0 Å². The highest BCUT2D eigenvalue weighted by Crippen LogP contribution is 2.46. The smallest absolute Gasteiger partial charge is 0.129 e. The van der Waals surface area contributed by atoms with Crippen LogP contribution < -0.4 is 9.47 Å². The predicted molar refractivity (Wildman–Crippen MR) is 75.2 cm³/mol. The van der Waals surface area contributed by atoms with Crippen molar-refractivity contribution < 1.29 is 19.3 Å². The fourth-order valence-electron chi connectivity index (χ4n) is 3.27. The molecular weight excluding hydrogens is 256 g/mol. The van der Waals surface area contributed by atoms with Gasteiger partial charge in [-0.1, -0.05) is 6.92 Å². The fourth-order valence-corrected chi connectivity index (χ4v) is 3.27. The van der Waals surface area contributed by atoms with Gasteiger partial charge < -0.3 is 19.3 Å². The van der Waals surface area contributed by atoms with Gasteiger partial charge in [-0.2, -0.15) is 0 Å². The molecule has 2 unspecified atom stereocenters. The van der Waals surface area contributed by atoms with E-state index in [1.807, 2.05) is 18.2 Å². The summed E-state index contributed by atoms with van der Waals surface area (Å²) in [6.07, 6.45) is 3.05. The zero-order valence-corrected chi connectivity index (χ0v) is 12.1. The molecule has 0 aliphatic carbocycles. The summed E-state index contributed by atoms with van der Waals surface area (Å²) in [5.74, 6) is 1.51. The largest absolute Gasteiger partial charge is 0.497 e. The highest BCUT2D eigenvalue weighted by Gasteiger charge is 2.44. The molecule has 1 aromatic rings. The summed E-state index contributed by atoms with van der Waals surface area (Å²) in [6.45, 7) is 2.82. The molecule has 3 atom stereocenters. The van der Waals surface area contributed by atoms with E-state index < -0.39 is 6.10 Å². The van der Waals surface area contributed by atoms with Gasteiger partial charge in [0.05, 0.1) is 25.9 Å². The van der Waals surface area contributed by atoms with E-state index in [4.69, 9.17) is 14.2 Å². The molecule has 1 aromatic carbocycles. The molecule has 0 amide bonds. The van der Waals surface area contributed by atoms with Crippen molar-refractivity contribution in [3.05, 3.63) is 23.8 Å². The van der Waals surface area contributed by atoms with Crippen LogP contribution in [0.2, 0.25) is 0 Å². The van der Waals surface area contributed by atoms with Gasteiger partial charge in [0.15, 0.2) is 0 Å². The lowest BCUT2D eigenvalue weighted by molar-refractivity contribution is -0.116. The Morgan fingerprint density at radius 3 is 3.00 bits per heavy atom. The summed E-state index contributed by atoms with van der Waals surface area (Å²) < 4.78 is 17.3. The Labute approximate surface area is 119 Å². The van der Waals surface area contributed by atoms with Gasteiger partial charge in [-0.25, -0.2) is 0 Å². The first-order valence-electron chi connectivity index (χ1n) is 7.32. The van der Waals surface area contributed by atoms with E-state index >= 15 is 0 Å². The van der Waals surface area contributed by atoms with Crippen LogP contribution in [0.15, 0.2) is 18.2 Å². The molecule has 0 bridgehead atoms. The van der Waals surface area contributed by atoms with Crippen LogP contribution in [0, 0.1) is 0 Å². The molecule has 20 heavy (non-hydrogen) atoms. The summed E-state index contributed by atoms with van der Waals surface area (Å²) in [7, 11) is 1.64. The van der Waals surface area contributed by atoms with E-state index in [1.54, 1.807) is 7.11 Å². The van der Waals surface area contributed by atoms with Gasteiger partial charge in [-0.3, -0.25) is 0 Å². The molecule has 1 saturated heterocycles. The maximum Gasteiger partial charge on any atom is 0.129 e. The van der Waals surface area contributed by atoms with Crippen LogP contribution >= 0.6 is 0 Å². The van der Waals surface area contributed by atoms with Crippen LogP contribution in [0.5, 0.6) is 11.5 Å². The third-order valence-corrected chi connectivity index (χ3v) is 4.44. The van der Waals surface area contributed by atoms with E-state index in [9.17, 15) is 5.11 Å². The first-order valence-corrected chi connectivity index (χ1v) is 7.32. The Kier molecular flexibility index (Phi) is 3.61. The molecule has 0 saturated carbocycles. The van der Waals surface area contributed by atoms with Crippen LogP contribution in [-0.2, 0) is 4.74 Å². The van der Waals surface area contributed by atoms with Crippen LogP contribution in [-0.4, -0.2) is 30.5 Å². The van der Waals surface area contributed by atoms with E-state index in [1.165, 1.54) is 0 Å². The lowest BCUT2D eigenvalue weighted by atomic mass is 9.80. The second-order valence-electron chi connectivity index (χ2n) is 5.76. The second-order valence-corrected chi connectivity index (χ2v) is 5.76. The molecule has 110 valence electrons. The van der Waals surface area contributed by atoms with Crippen molar-refractivity contribution in [2.45, 2.75) is 50.4 Å². The SMILES string of the molecule is CCC1CC2(CCO1)C[C@H](O)c1ccc(OC)cc1O2. The minimum Gasteiger partial charge on any atom is -0.497 e. The number of hydrogen-bond donors (Lipinski definition) is 1. The molecule has 2 aliphatic heterocycles. The number of hydrogen-bond acceptors (Lipinski definition) is 4. The van der Waals surface area contributed by atoms with E-state index in [2.05, 4.69) is 6.92 Å². The lowest BCUT2D eigenvalue weighted by Crippen LogP contribution is -2.48. The number of ether oxygens (including phenoxy) is 3. The number of methoxy groups -OCH3 is 1. The van der Waals surface area contributed by atoms with Gasteiger partial charge >= 0.3 is 0 Å². The topological polar surface area (TPSA) is 47.9 Å². The molecule has 4 nitrogen and oxygen atoms in total. The van der Waals surface area contributed by atoms with Gasteiger partial charge in [0.2, 0.25) is 0 Å². The lowest BCUT2D eigenvalue weighted by Gasteiger charge is -2.45. The van der Waals surface area contributed by atoms with E-state index in [0.29, 0.717) is 13.0 Å². The Balaban J connectivity index is 1.90. The predicted octanol–water partition coefficient (Wildman–Crippen LogP) is 2.84. The number of rotatable bonds is 2. The van der Waals surface area contributed by atoms with Crippen molar-refractivity contribution in [2.75, 3.05) is 13.7 Å². The summed E-state index contributed by atoms with van der Waals surface area (Å²) in [5.41, 5.74) is 0.563. The van der Waals surface area contributed by atoms with Crippen LogP contribution in [0.1, 0.15) is 44.3 Å². The molecule has 3 rings (SSSR count). The van der Waals surface area contributed by atoms with Crippen molar-refractivity contribution >= 4 is 0 Å². The van der Waals surface area contributed by atoms with Gasteiger partial charge in [0.1, 0.15) is 17.1 Å². The van der Waals surface area contributed by atoms with Gasteiger partial charge in [-0.05, 0) is 18.6 Å². The summed E-state index contributed by atoms with van der Waals surface area (Å²) in [6, 6.07) is 5.63. The first-order chi connectivity index (χ1) is 9.65. The first kappa shape index (κ1) is 13.7. The minimum absolute atomic E-state index is 0.225. The third-order valence-electron chi connectivity index (χ3n) is 4.44. The maximum atomic E-state index is 10.4. The van der Waals surface area contributed by atoms with Crippen molar-refractivity contribution in [3.8, 4) is 11.5 Å². The van der Waals surface area contributed by atoms with Crippen LogP contribution in [0.25, 0.3) is 0 Å². The molecule has 1 N–H and O–H groups in total. The third kappa shape index (κ3) is 2.38. The molecule has 4 heteroatoms.